The van der Waals surface area contributed by atoms with Crippen LogP contribution in [0.2, 0.25) is 0 Å². The minimum absolute atomic E-state index is 0.257. The van der Waals surface area contributed by atoms with Crippen molar-refractivity contribution < 1.29 is 23.4 Å². The van der Waals surface area contributed by atoms with E-state index in [2.05, 4.69) is 5.32 Å². The molecule has 0 atom stereocenters. The molecule has 1 amide bonds. The molecule has 0 spiro atoms. The topological polar surface area (TPSA) is 69.9 Å². The van der Waals surface area contributed by atoms with Gasteiger partial charge in [0.15, 0.2) is 5.76 Å². The zero-order chi connectivity index (χ0) is 20.1. The van der Waals surface area contributed by atoms with Crippen LogP contribution in [0.4, 0.5) is 5.69 Å². The second-order valence-corrected chi connectivity index (χ2v) is 6.13. The Kier molecular flexibility index (Phi) is 6.09. The second kappa shape index (κ2) is 8.69. The van der Waals surface area contributed by atoms with Crippen LogP contribution in [0.25, 0.3) is 11.0 Å². The van der Waals surface area contributed by atoms with E-state index < -0.39 is 0 Å². The molecule has 148 valence electrons. The molecule has 0 aliphatic rings. The molecule has 6 heteroatoms. The van der Waals surface area contributed by atoms with Crippen molar-refractivity contribution in [2.45, 2.75) is 27.7 Å². The molecule has 0 unspecified atom stereocenters. The van der Waals surface area contributed by atoms with Crippen LogP contribution in [-0.4, -0.2) is 25.7 Å². The van der Waals surface area contributed by atoms with Crippen molar-refractivity contribution in [2.75, 3.05) is 25.1 Å². The van der Waals surface area contributed by atoms with Crippen LogP contribution in [0, 0.1) is 6.92 Å². The number of hydrogen-bond acceptors (Lipinski definition) is 5. The number of fused-ring (bicyclic) bond motifs is 1. The number of furan rings is 1. The number of rotatable bonds is 8. The molecule has 0 saturated carbocycles. The summed E-state index contributed by atoms with van der Waals surface area (Å²) in [5.74, 6) is 1.89. The third-order valence-electron chi connectivity index (χ3n) is 4.23. The quantitative estimate of drug-likeness (QED) is 0.580. The minimum Gasteiger partial charge on any atom is -0.494 e. The van der Waals surface area contributed by atoms with Gasteiger partial charge >= 0.3 is 0 Å². The lowest BCUT2D eigenvalue weighted by Gasteiger charge is -2.13. The lowest BCUT2D eigenvalue weighted by atomic mass is 10.1. The number of carbonyl (C=O) groups is 1. The van der Waals surface area contributed by atoms with E-state index in [1.165, 1.54) is 0 Å². The highest BCUT2D eigenvalue weighted by molar-refractivity contribution is 6.07. The van der Waals surface area contributed by atoms with E-state index in [1.807, 2.05) is 52.0 Å². The zero-order valence-corrected chi connectivity index (χ0v) is 16.6. The summed E-state index contributed by atoms with van der Waals surface area (Å²) in [5.41, 5.74) is 1.93. The largest absolute Gasteiger partial charge is 0.494 e. The summed E-state index contributed by atoms with van der Waals surface area (Å²) >= 11 is 0. The highest BCUT2D eigenvalue weighted by Crippen LogP contribution is 2.32. The van der Waals surface area contributed by atoms with Gasteiger partial charge in [0.2, 0.25) is 0 Å². The Morgan fingerprint density at radius 3 is 2.25 bits per heavy atom. The Bertz CT molecular complexity index is 976. The number of hydrogen-bond donors (Lipinski definition) is 1. The first-order valence-corrected chi connectivity index (χ1v) is 9.44. The number of nitrogens with one attached hydrogen (secondary N) is 1. The van der Waals surface area contributed by atoms with Gasteiger partial charge in [0.25, 0.3) is 5.91 Å². The van der Waals surface area contributed by atoms with Crippen molar-refractivity contribution in [3.63, 3.8) is 0 Å². The third kappa shape index (κ3) is 4.06. The molecule has 3 aromatic rings. The van der Waals surface area contributed by atoms with Crippen LogP contribution in [0.15, 0.2) is 40.8 Å². The Labute approximate surface area is 164 Å². The molecular formula is C22H25NO5. The average molecular weight is 383 g/mol. The van der Waals surface area contributed by atoms with Crippen molar-refractivity contribution >= 4 is 22.6 Å². The van der Waals surface area contributed by atoms with Gasteiger partial charge in [-0.3, -0.25) is 4.79 Å². The van der Waals surface area contributed by atoms with Crippen LogP contribution >= 0.6 is 0 Å². The fourth-order valence-electron chi connectivity index (χ4n) is 3.00. The third-order valence-corrected chi connectivity index (χ3v) is 4.23. The summed E-state index contributed by atoms with van der Waals surface area (Å²) < 4.78 is 22.5. The molecule has 2 aromatic carbocycles. The monoisotopic (exact) mass is 383 g/mol. The van der Waals surface area contributed by atoms with Gasteiger partial charge in [0.1, 0.15) is 22.8 Å². The fourth-order valence-corrected chi connectivity index (χ4v) is 3.00. The Morgan fingerprint density at radius 1 is 0.929 bits per heavy atom. The minimum atomic E-state index is -0.346. The van der Waals surface area contributed by atoms with Gasteiger partial charge in [0, 0.05) is 17.0 Å². The van der Waals surface area contributed by atoms with E-state index in [9.17, 15) is 4.79 Å². The molecule has 0 aliphatic carbocycles. The predicted octanol–water partition coefficient (Wildman–Crippen LogP) is 5.19. The summed E-state index contributed by atoms with van der Waals surface area (Å²) in [7, 11) is 0. The van der Waals surface area contributed by atoms with E-state index in [1.54, 1.807) is 12.1 Å². The number of amides is 1. The van der Waals surface area contributed by atoms with Crippen molar-refractivity contribution in [1.82, 2.24) is 0 Å². The SMILES string of the molecule is CCOc1ccc(OCC)c(NC(=O)c2oc3ccc(OCC)cc3c2C)c1. The van der Waals surface area contributed by atoms with Crippen LogP contribution in [0.1, 0.15) is 36.9 Å². The van der Waals surface area contributed by atoms with Crippen molar-refractivity contribution in [2.24, 2.45) is 0 Å². The Hall–Kier alpha value is -3.15. The normalized spacial score (nSPS) is 10.7. The number of anilines is 1. The van der Waals surface area contributed by atoms with E-state index in [0.717, 1.165) is 16.7 Å². The van der Waals surface area contributed by atoms with Crippen molar-refractivity contribution in [3.05, 3.63) is 47.7 Å². The van der Waals surface area contributed by atoms with E-state index in [0.29, 0.717) is 42.6 Å². The van der Waals surface area contributed by atoms with E-state index in [4.69, 9.17) is 18.6 Å². The zero-order valence-electron chi connectivity index (χ0n) is 16.6. The molecule has 1 aromatic heterocycles. The molecule has 28 heavy (non-hydrogen) atoms. The van der Waals surface area contributed by atoms with Crippen LogP contribution < -0.4 is 19.5 Å². The van der Waals surface area contributed by atoms with E-state index in [-0.39, 0.29) is 11.7 Å². The maximum atomic E-state index is 12.9. The molecule has 6 nitrogen and oxygen atoms in total. The first kappa shape index (κ1) is 19.6. The van der Waals surface area contributed by atoms with Crippen molar-refractivity contribution in [3.8, 4) is 17.2 Å². The van der Waals surface area contributed by atoms with Crippen molar-refractivity contribution in [1.29, 1.82) is 0 Å². The van der Waals surface area contributed by atoms with Gasteiger partial charge in [-0.15, -0.1) is 0 Å². The second-order valence-electron chi connectivity index (χ2n) is 6.13. The maximum absolute atomic E-state index is 12.9. The molecular weight excluding hydrogens is 358 g/mol. The van der Waals surface area contributed by atoms with Gasteiger partial charge in [-0.1, -0.05) is 0 Å². The number of ether oxygens (including phenoxy) is 3. The fraction of sp³-hybridized carbons (Fsp3) is 0.318. The summed E-state index contributed by atoms with van der Waals surface area (Å²) in [5, 5.41) is 3.73. The van der Waals surface area contributed by atoms with Crippen LogP contribution in [0.5, 0.6) is 17.2 Å². The molecule has 0 fully saturated rings. The van der Waals surface area contributed by atoms with Gasteiger partial charge in [-0.2, -0.15) is 0 Å². The molecule has 1 heterocycles. The highest BCUT2D eigenvalue weighted by Gasteiger charge is 2.20. The molecule has 1 N–H and O–H groups in total. The summed E-state index contributed by atoms with van der Waals surface area (Å²) in [4.78, 5) is 12.9. The van der Waals surface area contributed by atoms with Gasteiger partial charge in [-0.25, -0.2) is 0 Å². The lowest BCUT2D eigenvalue weighted by molar-refractivity contribution is 0.0997. The predicted molar refractivity (Wildman–Crippen MR) is 109 cm³/mol. The molecule has 0 aliphatic heterocycles. The van der Waals surface area contributed by atoms with Crippen LogP contribution in [-0.2, 0) is 0 Å². The average Bonchev–Trinajstić information content (AvgIpc) is 3.01. The highest BCUT2D eigenvalue weighted by atomic mass is 16.5. The standard InChI is InChI=1S/C22H25NO5/c1-5-25-15-8-10-19-17(12-15)14(4)21(28-19)22(24)23-18-13-16(26-6-2)9-11-20(18)27-7-3/h8-13H,5-7H2,1-4H3,(H,23,24). The first-order valence-electron chi connectivity index (χ1n) is 9.44. The summed E-state index contributed by atoms with van der Waals surface area (Å²) in [6.45, 7) is 9.18. The number of aryl methyl sites for hydroxylation is 1. The molecule has 0 bridgehead atoms. The summed E-state index contributed by atoms with van der Waals surface area (Å²) in [6, 6.07) is 10.9. The van der Waals surface area contributed by atoms with Crippen LogP contribution in [0.3, 0.4) is 0 Å². The Morgan fingerprint density at radius 2 is 1.57 bits per heavy atom. The molecule has 0 saturated heterocycles. The summed E-state index contributed by atoms with van der Waals surface area (Å²) in [6.07, 6.45) is 0. The number of carbonyl (C=O) groups excluding carboxylic acids is 1. The van der Waals surface area contributed by atoms with Gasteiger partial charge in [-0.05, 0) is 58.0 Å². The number of benzene rings is 2. The van der Waals surface area contributed by atoms with E-state index >= 15 is 0 Å². The van der Waals surface area contributed by atoms with Gasteiger partial charge in [0.05, 0.1) is 25.5 Å². The first-order chi connectivity index (χ1) is 13.6. The van der Waals surface area contributed by atoms with Gasteiger partial charge < -0.3 is 23.9 Å². The molecule has 0 radical (unpaired) electrons. The smallest absolute Gasteiger partial charge is 0.291 e. The Balaban J connectivity index is 1.92. The lowest BCUT2D eigenvalue weighted by Crippen LogP contribution is -2.13. The molecule has 3 rings (SSSR count). The maximum Gasteiger partial charge on any atom is 0.291 e.